The molecule has 1 aromatic carbocycles. The second-order valence-electron chi connectivity index (χ2n) is 6.20. The third-order valence-corrected chi connectivity index (χ3v) is 4.31. The number of fused-ring (bicyclic) bond motifs is 2. The molecule has 4 aromatic rings. The van der Waals surface area contributed by atoms with E-state index in [9.17, 15) is 14.0 Å². The number of pyridine rings is 1. The molecular weight excluding hydrogens is 349 g/mol. The van der Waals surface area contributed by atoms with Crippen molar-refractivity contribution in [3.8, 4) is 0 Å². The second kappa shape index (κ2) is 6.64. The lowest BCUT2D eigenvalue weighted by atomic mass is 10.2. The zero-order chi connectivity index (χ0) is 19.0. The third kappa shape index (κ3) is 3.05. The fourth-order valence-electron chi connectivity index (χ4n) is 2.91. The van der Waals surface area contributed by atoms with Crippen LogP contribution in [0.3, 0.4) is 0 Å². The number of amides is 1. The van der Waals surface area contributed by atoms with E-state index in [0.29, 0.717) is 11.0 Å². The number of benzene rings is 1. The number of rotatable bonds is 4. The van der Waals surface area contributed by atoms with E-state index >= 15 is 0 Å². The van der Waals surface area contributed by atoms with E-state index < -0.39 is 11.9 Å². The first-order chi connectivity index (χ1) is 13.0. The highest BCUT2D eigenvalue weighted by Crippen LogP contribution is 2.12. The van der Waals surface area contributed by atoms with Crippen molar-refractivity contribution in [1.82, 2.24) is 24.5 Å². The van der Waals surface area contributed by atoms with Gasteiger partial charge < -0.3 is 5.32 Å². The summed E-state index contributed by atoms with van der Waals surface area (Å²) in [5.74, 6) is -1.36. The first-order valence-corrected chi connectivity index (χ1v) is 8.42. The van der Waals surface area contributed by atoms with E-state index in [1.807, 2.05) is 19.1 Å². The van der Waals surface area contributed by atoms with Crippen LogP contribution >= 0.6 is 0 Å². The number of aryl methyl sites for hydroxylation is 1. The minimum absolute atomic E-state index is 0.121. The molecule has 0 aliphatic carbocycles. The molecule has 0 unspecified atom stereocenters. The maximum Gasteiger partial charge on any atom is 0.274 e. The fraction of sp³-hybridized carbons (Fsp3) is 0.158. The van der Waals surface area contributed by atoms with Crippen LogP contribution < -0.4 is 10.9 Å². The van der Waals surface area contributed by atoms with Gasteiger partial charge in [0.1, 0.15) is 5.65 Å². The van der Waals surface area contributed by atoms with Gasteiger partial charge in [-0.2, -0.15) is 9.49 Å². The number of hydrogen-bond donors (Lipinski definition) is 1. The average Bonchev–Trinajstić information content (AvgIpc) is 2.99. The summed E-state index contributed by atoms with van der Waals surface area (Å²) in [6, 6.07) is 10.6. The van der Waals surface area contributed by atoms with E-state index in [1.54, 1.807) is 30.5 Å². The minimum Gasteiger partial charge on any atom is -0.349 e. The Bertz CT molecular complexity index is 1230. The van der Waals surface area contributed by atoms with Crippen LogP contribution in [0.15, 0.2) is 53.6 Å². The summed E-state index contributed by atoms with van der Waals surface area (Å²) in [5.41, 5.74) is 0.766. The molecule has 1 amide bonds. The fourth-order valence-corrected chi connectivity index (χ4v) is 2.91. The van der Waals surface area contributed by atoms with Crippen LogP contribution in [0.1, 0.15) is 16.1 Å². The smallest absolute Gasteiger partial charge is 0.274 e. The van der Waals surface area contributed by atoms with Crippen LogP contribution in [0.25, 0.3) is 16.4 Å². The number of nitrogens with zero attached hydrogens (tertiary/aromatic N) is 4. The molecule has 3 aromatic heterocycles. The largest absolute Gasteiger partial charge is 0.349 e. The van der Waals surface area contributed by atoms with Crippen LogP contribution in [0.2, 0.25) is 0 Å². The van der Waals surface area contributed by atoms with Gasteiger partial charge in [0.2, 0.25) is 5.95 Å². The molecule has 3 heterocycles. The summed E-state index contributed by atoms with van der Waals surface area (Å²) < 4.78 is 16.9. The molecule has 136 valence electrons. The number of carbonyl (C=O) groups is 1. The number of aromatic nitrogens is 4. The van der Waals surface area contributed by atoms with Crippen molar-refractivity contribution in [2.24, 2.45) is 0 Å². The van der Waals surface area contributed by atoms with Crippen LogP contribution in [0, 0.1) is 12.9 Å². The highest BCUT2D eigenvalue weighted by atomic mass is 19.1. The standard InChI is InChI=1S/C19H16FN5O2/c1-12-6-8-24-15(10-12)23-16(17(24)20)18(26)21-7-9-25-19(27)14-5-3-2-4-13(14)11-22-25/h2-6,8,10-11H,7,9H2,1H3,(H,21,26). The number of imidazole rings is 1. The zero-order valence-corrected chi connectivity index (χ0v) is 14.5. The Labute approximate surface area is 153 Å². The van der Waals surface area contributed by atoms with Gasteiger partial charge in [-0.25, -0.2) is 9.67 Å². The lowest BCUT2D eigenvalue weighted by molar-refractivity contribution is 0.0942. The van der Waals surface area contributed by atoms with Gasteiger partial charge in [-0.05, 0) is 30.7 Å². The van der Waals surface area contributed by atoms with Crippen LogP contribution in [0.4, 0.5) is 4.39 Å². The zero-order valence-electron chi connectivity index (χ0n) is 14.5. The molecule has 0 bridgehead atoms. The van der Waals surface area contributed by atoms with Crippen LogP contribution in [-0.2, 0) is 6.54 Å². The van der Waals surface area contributed by atoms with Gasteiger partial charge in [0.15, 0.2) is 5.69 Å². The van der Waals surface area contributed by atoms with E-state index in [0.717, 1.165) is 10.9 Å². The van der Waals surface area contributed by atoms with Gasteiger partial charge in [0, 0.05) is 18.1 Å². The molecule has 0 spiro atoms. The van der Waals surface area contributed by atoms with Gasteiger partial charge in [0.05, 0.1) is 18.1 Å². The molecule has 0 saturated carbocycles. The highest BCUT2D eigenvalue weighted by molar-refractivity contribution is 5.93. The van der Waals surface area contributed by atoms with Gasteiger partial charge in [-0.3, -0.25) is 14.0 Å². The van der Waals surface area contributed by atoms with Crippen molar-refractivity contribution >= 4 is 22.3 Å². The van der Waals surface area contributed by atoms with E-state index in [-0.39, 0.29) is 24.3 Å². The lowest BCUT2D eigenvalue weighted by Crippen LogP contribution is -2.32. The van der Waals surface area contributed by atoms with Crippen molar-refractivity contribution in [3.05, 3.63) is 76.4 Å². The topological polar surface area (TPSA) is 81.3 Å². The molecule has 0 aliphatic rings. The third-order valence-electron chi connectivity index (χ3n) is 4.31. The maximum atomic E-state index is 14.4. The molecule has 1 N–H and O–H groups in total. The van der Waals surface area contributed by atoms with Crippen LogP contribution in [-0.4, -0.2) is 31.6 Å². The monoisotopic (exact) mass is 365 g/mol. The predicted octanol–water partition coefficient (Wildman–Crippen LogP) is 1.92. The average molecular weight is 365 g/mol. The van der Waals surface area contributed by atoms with Crippen molar-refractivity contribution < 1.29 is 9.18 Å². The Morgan fingerprint density at radius 3 is 2.93 bits per heavy atom. The Morgan fingerprint density at radius 1 is 1.26 bits per heavy atom. The summed E-state index contributed by atoms with van der Waals surface area (Å²) in [4.78, 5) is 28.7. The van der Waals surface area contributed by atoms with Crippen molar-refractivity contribution in [2.45, 2.75) is 13.5 Å². The summed E-state index contributed by atoms with van der Waals surface area (Å²) >= 11 is 0. The Balaban J connectivity index is 1.50. The molecule has 0 radical (unpaired) electrons. The Hall–Kier alpha value is -3.55. The molecule has 8 heteroatoms. The summed E-state index contributed by atoms with van der Waals surface area (Å²) in [7, 11) is 0. The lowest BCUT2D eigenvalue weighted by Gasteiger charge is -2.07. The van der Waals surface area contributed by atoms with Crippen molar-refractivity contribution in [2.75, 3.05) is 6.54 Å². The first kappa shape index (κ1) is 16.9. The maximum absolute atomic E-state index is 14.4. The predicted molar refractivity (Wildman–Crippen MR) is 98.2 cm³/mol. The summed E-state index contributed by atoms with van der Waals surface area (Å²) in [5, 5.41) is 7.99. The number of nitrogens with one attached hydrogen (secondary N) is 1. The molecule has 0 fully saturated rings. The number of carbonyl (C=O) groups excluding carboxylic acids is 1. The van der Waals surface area contributed by atoms with Gasteiger partial charge in [-0.1, -0.05) is 18.2 Å². The summed E-state index contributed by atoms with van der Waals surface area (Å²) in [6.07, 6.45) is 3.13. The first-order valence-electron chi connectivity index (χ1n) is 8.42. The van der Waals surface area contributed by atoms with E-state index in [1.165, 1.54) is 15.3 Å². The van der Waals surface area contributed by atoms with Gasteiger partial charge in [0.25, 0.3) is 11.5 Å². The number of halogens is 1. The molecule has 0 aliphatic heterocycles. The number of hydrogen-bond acceptors (Lipinski definition) is 4. The Morgan fingerprint density at radius 2 is 2.07 bits per heavy atom. The van der Waals surface area contributed by atoms with Gasteiger partial charge in [-0.15, -0.1) is 0 Å². The quantitative estimate of drug-likeness (QED) is 0.599. The molecular formula is C19H16FN5O2. The van der Waals surface area contributed by atoms with Crippen molar-refractivity contribution in [1.29, 1.82) is 0 Å². The normalized spacial score (nSPS) is 11.2. The molecule has 4 rings (SSSR count). The summed E-state index contributed by atoms with van der Waals surface area (Å²) in [6.45, 7) is 2.15. The molecule has 27 heavy (non-hydrogen) atoms. The second-order valence-corrected chi connectivity index (χ2v) is 6.20. The van der Waals surface area contributed by atoms with E-state index in [4.69, 9.17) is 0 Å². The SMILES string of the molecule is Cc1ccn2c(F)c(C(=O)NCCn3ncc4ccccc4c3=O)nc2c1. The highest BCUT2D eigenvalue weighted by Gasteiger charge is 2.18. The van der Waals surface area contributed by atoms with Crippen molar-refractivity contribution in [3.63, 3.8) is 0 Å². The molecule has 7 nitrogen and oxygen atoms in total. The van der Waals surface area contributed by atoms with Crippen LogP contribution in [0.5, 0.6) is 0 Å². The Kier molecular flexibility index (Phi) is 4.15. The molecule has 0 atom stereocenters. The van der Waals surface area contributed by atoms with E-state index in [2.05, 4.69) is 15.4 Å². The molecule has 0 saturated heterocycles. The minimum atomic E-state index is -0.719. The van der Waals surface area contributed by atoms with Gasteiger partial charge >= 0.3 is 0 Å².